The Kier molecular flexibility index (Phi) is 7.95. The number of pyridine rings is 1. The minimum atomic E-state index is -0.475. The maximum atomic E-state index is 13.1. The van der Waals surface area contributed by atoms with Gasteiger partial charge in [-0.1, -0.05) is 47.7 Å². The molecule has 1 atom stereocenters. The summed E-state index contributed by atoms with van der Waals surface area (Å²) in [5, 5.41) is 13.2. The monoisotopic (exact) mass is 507 g/mol. The quantitative estimate of drug-likeness (QED) is 0.265. The number of hydrogen-bond donors (Lipinski definition) is 1. The highest BCUT2D eigenvalue weighted by atomic mass is 32.2. The molecule has 186 valence electrons. The third-order valence-corrected chi connectivity index (χ3v) is 7.08. The number of aryl methyl sites for hydroxylation is 3. The molecule has 0 aliphatic heterocycles. The van der Waals surface area contributed by atoms with E-state index in [0.717, 1.165) is 50.5 Å². The fraction of sp³-hybridized carbons (Fsp3) is 0.194. The number of anilines is 1. The van der Waals surface area contributed by atoms with E-state index in [1.54, 1.807) is 7.11 Å². The summed E-state index contributed by atoms with van der Waals surface area (Å²) >= 11 is 1.29. The van der Waals surface area contributed by atoms with Crippen LogP contribution in [0.1, 0.15) is 29.2 Å². The molecule has 1 unspecified atom stereocenters. The zero-order valence-electron chi connectivity index (χ0n) is 21.6. The zero-order valence-corrected chi connectivity index (χ0v) is 22.4. The first-order chi connectivity index (χ1) is 17.8. The van der Waals surface area contributed by atoms with E-state index in [0.29, 0.717) is 10.6 Å². The molecule has 0 saturated carbocycles. The lowest BCUT2D eigenvalue weighted by Gasteiger charge is -2.16. The van der Waals surface area contributed by atoms with Gasteiger partial charge in [0.25, 0.3) is 0 Å². The molecule has 0 fully saturated rings. The van der Waals surface area contributed by atoms with Crippen LogP contribution in [0.4, 0.5) is 5.69 Å². The van der Waals surface area contributed by atoms with Crippen LogP contribution in [0.3, 0.4) is 0 Å². The Balaban J connectivity index is 1.73. The van der Waals surface area contributed by atoms with Crippen LogP contribution in [0.2, 0.25) is 0 Å². The number of nitrogens with zero attached hydrogens (tertiary/aromatic N) is 2. The number of thioether (sulfide) groups is 1. The zero-order chi connectivity index (χ0) is 26.5. The van der Waals surface area contributed by atoms with Crippen molar-refractivity contribution in [2.75, 3.05) is 12.4 Å². The summed E-state index contributed by atoms with van der Waals surface area (Å²) in [5.41, 5.74) is 7.85. The third kappa shape index (κ3) is 6.19. The van der Waals surface area contributed by atoms with Crippen molar-refractivity contribution in [1.82, 2.24) is 4.98 Å². The average Bonchev–Trinajstić information content (AvgIpc) is 2.88. The molecule has 1 heterocycles. The number of hydrogen-bond acceptors (Lipinski definition) is 5. The second-order valence-electron chi connectivity index (χ2n) is 9.07. The molecule has 0 aliphatic rings. The summed E-state index contributed by atoms with van der Waals surface area (Å²) in [6.45, 7) is 7.86. The topological polar surface area (TPSA) is 75.0 Å². The van der Waals surface area contributed by atoms with E-state index in [4.69, 9.17) is 9.72 Å². The molecule has 37 heavy (non-hydrogen) atoms. The summed E-state index contributed by atoms with van der Waals surface area (Å²) in [6, 6.07) is 26.0. The predicted molar refractivity (Wildman–Crippen MR) is 151 cm³/mol. The van der Waals surface area contributed by atoms with Crippen molar-refractivity contribution in [1.29, 1.82) is 5.26 Å². The van der Waals surface area contributed by atoms with Crippen molar-refractivity contribution in [3.63, 3.8) is 0 Å². The smallest absolute Gasteiger partial charge is 0.237 e. The van der Waals surface area contributed by atoms with Gasteiger partial charge in [-0.25, -0.2) is 4.98 Å². The van der Waals surface area contributed by atoms with Gasteiger partial charge in [0.1, 0.15) is 16.8 Å². The normalized spacial score (nSPS) is 11.5. The van der Waals surface area contributed by atoms with Gasteiger partial charge in [-0.05, 0) is 86.8 Å². The molecule has 0 bridgehead atoms. The molecule has 1 N–H and O–H groups in total. The van der Waals surface area contributed by atoms with E-state index in [1.807, 2.05) is 94.4 Å². The highest BCUT2D eigenvalue weighted by Gasteiger charge is 2.22. The van der Waals surface area contributed by atoms with Crippen molar-refractivity contribution in [2.24, 2.45) is 0 Å². The SMILES string of the molecule is COc1ccc(-c2cc(-c3ccc(C)cc3)c(C#N)c(SC(C)C(=O)Nc3cc(C)cc(C)c3)n2)cc1. The number of methoxy groups -OCH3 is 1. The van der Waals surface area contributed by atoms with E-state index in [-0.39, 0.29) is 5.91 Å². The Morgan fingerprint density at radius 1 is 0.919 bits per heavy atom. The fourth-order valence-electron chi connectivity index (χ4n) is 4.10. The van der Waals surface area contributed by atoms with Crippen molar-refractivity contribution >= 4 is 23.4 Å². The Morgan fingerprint density at radius 3 is 2.14 bits per heavy atom. The number of amides is 1. The predicted octanol–water partition coefficient (Wildman–Crippen LogP) is 7.34. The third-order valence-electron chi connectivity index (χ3n) is 5.99. The molecule has 0 spiro atoms. The van der Waals surface area contributed by atoms with Gasteiger partial charge in [0.2, 0.25) is 5.91 Å². The summed E-state index contributed by atoms with van der Waals surface area (Å²) in [5.74, 6) is 0.606. The average molecular weight is 508 g/mol. The van der Waals surface area contributed by atoms with E-state index in [2.05, 4.69) is 17.5 Å². The molecular formula is C31H29N3O2S. The van der Waals surface area contributed by atoms with Crippen LogP contribution in [0.5, 0.6) is 5.75 Å². The van der Waals surface area contributed by atoms with Crippen molar-refractivity contribution in [3.8, 4) is 34.2 Å². The molecule has 6 heteroatoms. The molecule has 0 aliphatic carbocycles. The van der Waals surface area contributed by atoms with Gasteiger partial charge in [-0.15, -0.1) is 0 Å². The number of carbonyl (C=O) groups is 1. The first-order valence-electron chi connectivity index (χ1n) is 12.0. The summed E-state index contributed by atoms with van der Waals surface area (Å²) < 4.78 is 5.30. The largest absolute Gasteiger partial charge is 0.497 e. The van der Waals surface area contributed by atoms with Gasteiger partial charge in [-0.2, -0.15) is 5.26 Å². The summed E-state index contributed by atoms with van der Waals surface area (Å²) in [4.78, 5) is 18.0. The second kappa shape index (κ2) is 11.3. The van der Waals surface area contributed by atoms with Gasteiger partial charge in [-0.3, -0.25) is 4.79 Å². The van der Waals surface area contributed by atoms with Gasteiger partial charge in [0, 0.05) is 16.8 Å². The lowest BCUT2D eigenvalue weighted by Crippen LogP contribution is -2.22. The Hall–Kier alpha value is -4.08. The molecule has 4 rings (SSSR count). The maximum Gasteiger partial charge on any atom is 0.237 e. The first kappa shape index (κ1) is 26.0. The number of rotatable bonds is 7. The van der Waals surface area contributed by atoms with E-state index < -0.39 is 5.25 Å². The van der Waals surface area contributed by atoms with Crippen LogP contribution >= 0.6 is 11.8 Å². The van der Waals surface area contributed by atoms with Gasteiger partial charge < -0.3 is 10.1 Å². The van der Waals surface area contributed by atoms with Gasteiger partial charge in [0.15, 0.2) is 0 Å². The molecule has 4 aromatic rings. The van der Waals surface area contributed by atoms with Crippen molar-refractivity contribution in [3.05, 3.63) is 95.1 Å². The molecule has 1 aromatic heterocycles. The molecular weight excluding hydrogens is 478 g/mol. The number of benzene rings is 3. The summed E-state index contributed by atoms with van der Waals surface area (Å²) in [7, 11) is 1.63. The van der Waals surface area contributed by atoms with Gasteiger partial charge >= 0.3 is 0 Å². The lowest BCUT2D eigenvalue weighted by atomic mass is 9.98. The van der Waals surface area contributed by atoms with Crippen LogP contribution in [0.25, 0.3) is 22.4 Å². The number of carbonyl (C=O) groups excluding carboxylic acids is 1. The van der Waals surface area contributed by atoms with Crippen LogP contribution < -0.4 is 10.1 Å². The second-order valence-corrected chi connectivity index (χ2v) is 10.4. The Labute approximate surface area is 222 Å². The molecule has 5 nitrogen and oxygen atoms in total. The molecule has 0 radical (unpaired) electrons. The number of nitriles is 1. The van der Waals surface area contributed by atoms with Gasteiger partial charge in [0.05, 0.1) is 23.6 Å². The molecule has 3 aromatic carbocycles. The van der Waals surface area contributed by atoms with Crippen LogP contribution in [0, 0.1) is 32.1 Å². The Bertz CT molecular complexity index is 1450. The van der Waals surface area contributed by atoms with Crippen molar-refractivity contribution < 1.29 is 9.53 Å². The highest BCUT2D eigenvalue weighted by molar-refractivity contribution is 8.00. The fourth-order valence-corrected chi connectivity index (χ4v) is 5.02. The van der Waals surface area contributed by atoms with E-state index in [9.17, 15) is 10.1 Å². The van der Waals surface area contributed by atoms with Crippen LogP contribution in [-0.4, -0.2) is 23.3 Å². The number of nitrogens with one attached hydrogen (secondary N) is 1. The van der Waals surface area contributed by atoms with Crippen molar-refractivity contribution in [2.45, 2.75) is 38.0 Å². The maximum absolute atomic E-state index is 13.1. The minimum absolute atomic E-state index is 0.146. The lowest BCUT2D eigenvalue weighted by molar-refractivity contribution is -0.115. The molecule has 0 saturated heterocycles. The number of ether oxygens (including phenoxy) is 1. The minimum Gasteiger partial charge on any atom is -0.497 e. The van der Waals surface area contributed by atoms with E-state index in [1.165, 1.54) is 11.8 Å². The van der Waals surface area contributed by atoms with Crippen LogP contribution in [-0.2, 0) is 4.79 Å². The van der Waals surface area contributed by atoms with E-state index >= 15 is 0 Å². The molecule has 1 amide bonds. The highest BCUT2D eigenvalue weighted by Crippen LogP contribution is 2.36. The first-order valence-corrected chi connectivity index (χ1v) is 12.9. The standard InChI is InChI=1S/C31H29N3O2S/c1-19-6-8-23(9-7-19)27-17-29(24-10-12-26(36-5)13-11-24)34-31(28(27)18-32)37-22(4)30(35)33-25-15-20(2)14-21(3)16-25/h6-17,22H,1-5H3,(H,33,35). The Morgan fingerprint density at radius 2 is 1.54 bits per heavy atom. The number of aromatic nitrogens is 1. The van der Waals surface area contributed by atoms with Crippen LogP contribution in [0.15, 0.2) is 77.8 Å². The summed E-state index contributed by atoms with van der Waals surface area (Å²) in [6.07, 6.45) is 0.